The van der Waals surface area contributed by atoms with Crippen LogP contribution < -0.4 is 10.4 Å². The van der Waals surface area contributed by atoms with Gasteiger partial charge in [0.15, 0.2) is 0 Å². The summed E-state index contributed by atoms with van der Waals surface area (Å²) in [6.07, 6.45) is 4.80. The minimum Gasteiger partial charge on any atom is -0.493 e. The van der Waals surface area contributed by atoms with Crippen molar-refractivity contribution in [2.75, 3.05) is 6.61 Å². The summed E-state index contributed by atoms with van der Waals surface area (Å²) in [6.45, 7) is 9.28. The van der Waals surface area contributed by atoms with Crippen LogP contribution in [0.2, 0.25) is 0 Å². The maximum atomic E-state index is 12.5. The maximum absolute atomic E-state index is 12.5. The molecule has 0 aliphatic heterocycles. The summed E-state index contributed by atoms with van der Waals surface area (Å²) >= 11 is 0. The predicted octanol–water partition coefficient (Wildman–Crippen LogP) is 5.15. The molecular weight excluding hydrogens is 352 g/mol. The number of fused-ring (bicyclic) bond motifs is 2. The lowest BCUT2D eigenvalue weighted by molar-refractivity contribution is -0.143. The van der Waals surface area contributed by atoms with E-state index in [1.807, 2.05) is 12.1 Å². The van der Waals surface area contributed by atoms with Crippen molar-refractivity contribution in [1.82, 2.24) is 0 Å². The molecule has 1 aromatic heterocycles. The van der Waals surface area contributed by atoms with Gasteiger partial charge in [-0.25, -0.2) is 4.79 Å². The second-order valence-corrected chi connectivity index (χ2v) is 9.20. The van der Waals surface area contributed by atoms with Gasteiger partial charge < -0.3 is 9.15 Å². The highest BCUT2D eigenvalue weighted by atomic mass is 16.5. The van der Waals surface area contributed by atoms with Crippen molar-refractivity contribution in [3.05, 3.63) is 52.4 Å². The molecule has 1 aromatic carbocycles. The van der Waals surface area contributed by atoms with Crippen molar-refractivity contribution in [1.29, 1.82) is 0 Å². The van der Waals surface area contributed by atoms with Gasteiger partial charge in [-0.2, -0.15) is 0 Å². The minimum atomic E-state index is -0.361. The third kappa shape index (κ3) is 2.99. The normalized spacial score (nSPS) is 29.3. The third-order valence-electron chi connectivity index (χ3n) is 7.31. The molecule has 0 saturated heterocycles. The lowest BCUT2D eigenvalue weighted by Gasteiger charge is -2.55. The zero-order valence-electron chi connectivity index (χ0n) is 17.1. The Morgan fingerprint density at radius 3 is 2.68 bits per heavy atom. The van der Waals surface area contributed by atoms with Crippen LogP contribution in [0.15, 0.2) is 51.2 Å². The van der Waals surface area contributed by atoms with Gasteiger partial charge in [0.05, 0.1) is 6.61 Å². The zero-order chi connectivity index (χ0) is 20.1. The van der Waals surface area contributed by atoms with E-state index in [1.165, 1.54) is 11.6 Å². The van der Waals surface area contributed by atoms with Crippen molar-refractivity contribution < 1.29 is 13.9 Å². The summed E-state index contributed by atoms with van der Waals surface area (Å²) in [5.41, 5.74) is 1.26. The van der Waals surface area contributed by atoms with E-state index >= 15 is 0 Å². The van der Waals surface area contributed by atoms with Gasteiger partial charge >= 0.3 is 5.63 Å². The van der Waals surface area contributed by atoms with Crippen LogP contribution in [0.1, 0.15) is 47.0 Å². The Morgan fingerprint density at radius 2 is 1.89 bits per heavy atom. The van der Waals surface area contributed by atoms with Crippen LogP contribution in [-0.2, 0) is 4.79 Å². The van der Waals surface area contributed by atoms with Gasteiger partial charge in [0, 0.05) is 35.3 Å². The largest absolute Gasteiger partial charge is 0.493 e. The average Bonchev–Trinajstić information content (AvgIpc) is 2.64. The Labute approximate surface area is 165 Å². The molecule has 2 aliphatic rings. The van der Waals surface area contributed by atoms with E-state index in [-0.39, 0.29) is 22.4 Å². The standard InChI is InChI=1S/C24H28O4/c1-15-5-9-20-23(2,3)21(25)11-12-24(20,4)18(15)14-27-17-8-6-16-7-10-22(26)28-19(16)13-17/h5-8,10,13,18,20H,9,11-12,14H2,1-4H3/t18-,20+,24-/m1/s1. The first-order valence-corrected chi connectivity index (χ1v) is 10.1. The average molecular weight is 380 g/mol. The fourth-order valence-electron chi connectivity index (χ4n) is 5.48. The monoisotopic (exact) mass is 380 g/mol. The molecule has 4 heteroatoms. The Kier molecular flexibility index (Phi) is 4.48. The van der Waals surface area contributed by atoms with Crippen molar-refractivity contribution >= 4 is 16.8 Å². The number of ketones is 1. The van der Waals surface area contributed by atoms with Crippen LogP contribution in [-0.4, -0.2) is 12.4 Å². The SMILES string of the molecule is CC1=CC[C@H]2C(C)(C)C(=O)CC[C@]2(C)[C@@H]1COc1ccc2ccc(=O)oc2c1. The van der Waals surface area contributed by atoms with Gasteiger partial charge in [-0.05, 0) is 49.3 Å². The quantitative estimate of drug-likeness (QED) is 0.546. The fourth-order valence-corrected chi connectivity index (χ4v) is 5.48. The van der Waals surface area contributed by atoms with E-state index in [0.29, 0.717) is 36.1 Å². The van der Waals surface area contributed by atoms with Crippen LogP contribution in [0.25, 0.3) is 11.0 Å². The van der Waals surface area contributed by atoms with Crippen molar-refractivity contribution in [3.63, 3.8) is 0 Å². The van der Waals surface area contributed by atoms with Crippen molar-refractivity contribution in [2.24, 2.45) is 22.7 Å². The number of hydrogen-bond acceptors (Lipinski definition) is 4. The second-order valence-electron chi connectivity index (χ2n) is 9.20. The molecule has 0 spiro atoms. The van der Waals surface area contributed by atoms with Gasteiger partial charge in [-0.1, -0.05) is 32.4 Å². The van der Waals surface area contributed by atoms with E-state index < -0.39 is 0 Å². The molecule has 148 valence electrons. The highest BCUT2D eigenvalue weighted by Crippen LogP contribution is 2.58. The molecule has 28 heavy (non-hydrogen) atoms. The number of allylic oxidation sites excluding steroid dienone is 1. The van der Waals surface area contributed by atoms with E-state index in [9.17, 15) is 9.59 Å². The molecule has 1 heterocycles. The van der Waals surface area contributed by atoms with Crippen LogP contribution in [0.3, 0.4) is 0 Å². The summed E-state index contributed by atoms with van der Waals surface area (Å²) in [4.78, 5) is 24.0. The molecule has 2 aromatic rings. The third-order valence-corrected chi connectivity index (χ3v) is 7.31. The van der Waals surface area contributed by atoms with E-state index in [0.717, 1.165) is 18.2 Å². The highest BCUT2D eigenvalue weighted by Gasteiger charge is 2.55. The van der Waals surface area contributed by atoms with Crippen LogP contribution >= 0.6 is 0 Å². The van der Waals surface area contributed by atoms with E-state index in [2.05, 4.69) is 33.8 Å². The number of Topliss-reactive ketones (excluding diaryl/α,β-unsaturated/α-hetero) is 1. The number of rotatable bonds is 3. The summed E-state index contributed by atoms with van der Waals surface area (Å²) in [5.74, 6) is 1.67. The Hall–Kier alpha value is -2.36. The number of benzene rings is 1. The first kappa shape index (κ1) is 19.0. The lowest BCUT2D eigenvalue weighted by Crippen LogP contribution is -2.53. The van der Waals surface area contributed by atoms with Crippen molar-refractivity contribution in [2.45, 2.75) is 47.0 Å². The summed E-state index contributed by atoms with van der Waals surface area (Å²) < 4.78 is 11.5. The molecule has 1 fully saturated rings. The molecule has 0 radical (unpaired) electrons. The molecule has 0 bridgehead atoms. The molecule has 0 N–H and O–H groups in total. The Bertz CT molecular complexity index is 1010. The Morgan fingerprint density at radius 1 is 1.14 bits per heavy atom. The van der Waals surface area contributed by atoms with Crippen LogP contribution in [0, 0.1) is 22.7 Å². The molecule has 0 unspecified atom stereocenters. The number of carbonyl (C=O) groups excluding carboxylic acids is 1. The number of hydrogen-bond donors (Lipinski definition) is 0. The summed E-state index contributed by atoms with van der Waals surface area (Å²) in [6, 6.07) is 8.78. The molecule has 2 aliphatic carbocycles. The van der Waals surface area contributed by atoms with E-state index in [4.69, 9.17) is 9.15 Å². The second kappa shape index (κ2) is 6.61. The Balaban J connectivity index is 1.60. The molecular formula is C24H28O4. The van der Waals surface area contributed by atoms with Crippen molar-refractivity contribution in [3.8, 4) is 5.75 Å². The molecule has 1 saturated carbocycles. The van der Waals surface area contributed by atoms with E-state index in [1.54, 1.807) is 12.1 Å². The predicted molar refractivity (Wildman–Crippen MR) is 109 cm³/mol. The topological polar surface area (TPSA) is 56.5 Å². The lowest BCUT2D eigenvalue weighted by atomic mass is 9.48. The van der Waals surface area contributed by atoms with Gasteiger partial charge in [0.2, 0.25) is 0 Å². The van der Waals surface area contributed by atoms with Gasteiger partial charge in [-0.15, -0.1) is 0 Å². The van der Waals surface area contributed by atoms with Gasteiger partial charge in [-0.3, -0.25) is 4.79 Å². The first-order valence-electron chi connectivity index (χ1n) is 10.1. The number of carbonyl (C=O) groups is 1. The van der Waals surface area contributed by atoms with Crippen LogP contribution in [0.4, 0.5) is 0 Å². The molecule has 0 amide bonds. The zero-order valence-corrected chi connectivity index (χ0v) is 17.1. The van der Waals surface area contributed by atoms with Crippen LogP contribution in [0.5, 0.6) is 5.75 Å². The molecule has 4 nitrogen and oxygen atoms in total. The fraction of sp³-hybridized carbons (Fsp3) is 0.500. The first-order chi connectivity index (χ1) is 13.2. The highest BCUT2D eigenvalue weighted by molar-refractivity contribution is 5.85. The maximum Gasteiger partial charge on any atom is 0.336 e. The minimum absolute atomic E-state index is 0.0413. The van der Waals surface area contributed by atoms with Gasteiger partial charge in [0.25, 0.3) is 0 Å². The summed E-state index contributed by atoms with van der Waals surface area (Å²) in [5, 5.41) is 0.875. The smallest absolute Gasteiger partial charge is 0.336 e. The summed E-state index contributed by atoms with van der Waals surface area (Å²) in [7, 11) is 0. The molecule has 4 rings (SSSR count). The number of ether oxygens (including phenoxy) is 1. The molecule has 3 atom stereocenters. The van der Waals surface area contributed by atoms with Gasteiger partial charge in [0.1, 0.15) is 17.1 Å².